The zero-order chi connectivity index (χ0) is 13.9. The second kappa shape index (κ2) is 5.73. The highest BCUT2D eigenvalue weighted by Gasteiger charge is 2.30. The number of methoxy groups -OCH3 is 1. The Bertz CT molecular complexity index is 555. The van der Waals surface area contributed by atoms with E-state index < -0.39 is 0 Å². The van der Waals surface area contributed by atoms with Crippen molar-refractivity contribution in [2.24, 2.45) is 0 Å². The van der Waals surface area contributed by atoms with E-state index >= 15 is 0 Å². The van der Waals surface area contributed by atoms with Gasteiger partial charge < -0.3 is 14.6 Å². The van der Waals surface area contributed by atoms with E-state index in [4.69, 9.17) is 9.26 Å². The molecule has 2 heterocycles. The van der Waals surface area contributed by atoms with Crippen LogP contribution < -0.4 is 5.32 Å². The number of nitrogens with one attached hydrogen (secondary N) is 1. The number of aromatic nitrogens is 2. The third-order valence-electron chi connectivity index (χ3n) is 3.87. The molecule has 1 saturated heterocycles. The first-order valence-corrected chi connectivity index (χ1v) is 6.94. The Morgan fingerprint density at radius 2 is 2.15 bits per heavy atom. The van der Waals surface area contributed by atoms with E-state index in [1.54, 1.807) is 7.11 Å². The Morgan fingerprint density at radius 1 is 1.35 bits per heavy atom. The van der Waals surface area contributed by atoms with Crippen LogP contribution in [-0.4, -0.2) is 29.8 Å². The summed E-state index contributed by atoms with van der Waals surface area (Å²) in [6.45, 7) is 3.14. The SMILES string of the molecule is COC(c1ccccc1)c1noc(C2CCNC2C)n1. The molecule has 20 heavy (non-hydrogen) atoms. The van der Waals surface area contributed by atoms with Crippen LogP contribution in [0.15, 0.2) is 34.9 Å². The Labute approximate surface area is 118 Å². The maximum Gasteiger partial charge on any atom is 0.231 e. The molecule has 3 rings (SSSR count). The maximum absolute atomic E-state index is 5.52. The van der Waals surface area contributed by atoms with Crippen molar-refractivity contribution in [2.75, 3.05) is 13.7 Å². The summed E-state index contributed by atoms with van der Waals surface area (Å²) >= 11 is 0. The van der Waals surface area contributed by atoms with Gasteiger partial charge >= 0.3 is 0 Å². The summed E-state index contributed by atoms with van der Waals surface area (Å²) in [5.74, 6) is 1.59. The smallest absolute Gasteiger partial charge is 0.231 e. The number of hydrogen-bond donors (Lipinski definition) is 1. The van der Waals surface area contributed by atoms with E-state index in [9.17, 15) is 0 Å². The van der Waals surface area contributed by atoms with Crippen molar-refractivity contribution in [1.82, 2.24) is 15.5 Å². The van der Waals surface area contributed by atoms with Crippen LogP contribution in [0.3, 0.4) is 0 Å². The van der Waals surface area contributed by atoms with E-state index in [0.717, 1.165) is 18.5 Å². The van der Waals surface area contributed by atoms with Crippen molar-refractivity contribution in [3.05, 3.63) is 47.6 Å². The third-order valence-corrected chi connectivity index (χ3v) is 3.87. The molecule has 1 aromatic carbocycles. The van der Waals surface area contributed by atoms with Crippen molar-refractivity contribution >= 4 is 0 Å². The minimum Gasteiger partial charge on any atom is -0.369 e. The van der Waals surface area contributed by atoms with Gasteiger partial charge in [0.05, 0.1) is 5.92 Å². The number of hydrogen-bond acceptors (Lipinski definition) is 5. The minimum atomic E-state index is -0.279. The molecule has 1 N–H and O–H groups in total. The van der Waals surface area contributed by atoms with Crippen LogP contribution in [0, 0.1) is 0 Å². The molecular weight excluding hydrogens is 254 g/mol. The summed E-state index contributed by atoms with van der Waals surface area (Å²) in [5.41, 5.74) is 1.03. The predicted molar refractivity (Wildman–Crippen MR) is 74.4 cm³/mol. The van der Waals surface area contributed by atoms with Crippen LogP contribution >= 0.6 is 0 Å². The monoisotopic (exact) mass is 273 g/mol. The molecule has 106 valence electrons. The number of benzene rings is 1. The van der Waals surface area contributed by atoms with Crippen molar-refractivity contribution < 1.29 is 9.26 Å². The lowest BCUT2D eigenvalue weighted by Gasteiger charge is -2.11. The lowest BCUT2D eigenvalue weighted by Crippen LogP contribution is -2.21. The molecule has 0 aliphatic carbocycles. The molecule has 0 amide bonds. The van der Waals surface area contributed by atoms with Crippen molar-refractivity contribution in [2.45, 2.75) is 31.4 Å². The summed E-state index contributed by atoms with van der Waals surface area (Å²) < 4.78 is 11.0. The normalized spacial score (nSPS) is 23.9. The zero-order valence-electron chi connectivity index (χ0n) is 11.7. The van der Waals surface area contributed by atoms with Gasteiger partial charge in [0.15, 0.2) is 0 Å². The van der Waals surface area contributed by atoms with Gasteiger partial charge in [-0.15, -0.1) is 0 Å². The number of rotatable bonds is 4. The summed E-state index contributed by atoms with van der Waals surface area (Å²) in [5, 5.41) is 7.50. The number of nitrogens with zero attached hydrogens (tertiary/aromatic N) is 2. The van der Waals surface area contributed by atoms with Gasteiger partial charge in [-0.3, -0.25) is 0 Å². The van der Waals surface area contributed by atoms with Crippen molar-refractivity contribution in [1.29, 1.82) is 0 Å². The second-order valence-electron chi connectivity index (χ2n) is 5.16. The molecule has 1 aliphatic rings. The van der Waals surface area contributed by atoms with Crippen LogP contribution in [0.4, 0.5) is 0 Å². The third kappa shape index (κ3) is 2.46. The summed E-state index contributed by atoms with van der Waals surface area (Å²) in [7, 11) is 1.66. The highest BCUT2D eigenvalue weighted by atomic mass is 16.5. The standard InChI is InChI=1S/C15H19N3O2/c1-10-12(8-9-16-10)15-17-14(18-20-15)13(19-2)11-6-4-3-5-7-11/h3-7,10,12-13,16H,8-9H2,1-2H3. The summed E-state index contributed by atoms with van der Waals surface area (Å²) in [6, 6.07) is 10.3. The van der Waals surface area contributed by atoms with Crippen molar-refractivity contribution in [3.8, 4) is 0 Å². The largest absolute Gasteiger partial charge is 0.369 e. The van der Waals surface area contributed by atoms with Gasteiger partial charge in [-0.2, -0.15) is 4.98 Å². The Morgan fingerprint density at radius 3 is 2.80 bits per heavy atom. The highest BCUT2D eigenvalue weighted by molar-refractivity contribution is 5.22. The average Bonchev–Trinajstić information content (AvgIpc) is 3.10. The molecule has 1 aliphatic heterocycles. The first-order valence-electron chi connectivity index (χ1n) is 6.94. The molecule has 0 spiro atoms. The van der Waals surface area contributed by atoms with E-state index in [1.165, 1.54) is 0 Å². The van der Waals surface area contributed by atoms with E-state index in [-0.39, 0.29) is 6.10 Å². The summed E-state index contributed by atoms with van der Waals surface area (Å²) in [6.07, 6.45) is 0.754. The first-order chi connectivity index (χ1) is 9.79. The van der Waals surface area contributed by atoms with Crippen LogP contribution in [0.2, 0.25) is 0 Å². The molecule has 0 saturated carbocycles. The fraction of sp³-hybridized carbons (Fsp3) is 0.467. The zero-order valence-corrected chi connectivity index (χ0v) is 11.7. The molecule has 3 atom stereocenters. The van der Waals surface area contributed by atoms with Crippen molar-refractivity contribution in [3.63, 3.8) is 0 Å². The molecular formula is C15H19N3O2. The predicted octanol–water partition coefficient (Wildman–Crippen LogP) is 2.27. The minimum absolute atomic E-state index is 0.279. The van der Waals surface area contributed by atoms with E-state index in [0.29, 0.717) is 23.7 Å². The van der Waals surface area contributed by atoms with Crippen LogP contribution in [0.1, 0.15) is 42.6 Å². The molecule has 1 aromatic heterocycles. The fourth-order valence-corrected chi connectivity index (χ4v) is 2.72. The van der Waals surface area contributed by atoms with Crippen LogP contribution in [0.5, 0.6) is 0 Å². The maximum atomic E-state index is 5.52. The molecule has 2 aromatic rings. The second-order valence-corrected chi connectivity index (χ2v) is 5.16. The highest BCUT2D eigenvalue weighted by Crippen LogP contribution is 2.29. The number of ether oxygens (including phenoxy) is 1. The average molecular weight is 273 g/mol. The van der Waals surface area contributed by atoms with Gasteiger partial charge in [0, 0.05) is 13.2 Å². The Balaban J connectivity index is 1.85. The topological polar surface area (TPSA) is 60.2 Å². The molecule has 5 heteroatoms. The van der Waals surface area contributed by atoms with Gasteiger partial charge in [-0.25, -0.2) is 0 Å². The van der Waals surface area contributed by atoms with Crippen LogP contribution in [-0.2, 0) is 4.74 Å². The fourth-order valence-electron chi connectivity index (χ4n) is 2.72. The summed E-state index contributed by atoms with van der Waals surface area (Å²) in [4.78, 5) is 4.55. The molecule has 0 radical (unpaired) electrons. The quantitative estimate of drug-likeness (QED) is 0.926. The van der Waals surface area contributed by atoms with E-state index in [1.807, 2.05) is 30.3 Å². The Kier molecular flexibility index (Phi) is 3.80. The molecule has 1 fully saturated rings. The van der Waals surface area contributed by atoms with Gasteiger partial charge in [-0.1, -0.05) is 35.5 Å². The lowest BCUT2D eigenvalue weighted by molar-refractivity contribution is 0.126. The van der Waals surface area contributed by atoms with Gasteiger partial charge in [0.1, 0.15) is 6.10 Å². The molecule has 0 bridgehead atoms. The van der Waals surface area contributed by atoms with Crippen LogP contribution in [0.25, 0.3) is 0 Å². The molecule has 5 nitrogen and oxygen atoms in total. The van der Waals surface area contributed by atoms with Gasteiger partial charge in [0.25, 0.3) is 0 Å². The first kappa shape index (κ1) is 13.3. The van der Waals surface area contributed by atoms with E-state index in [2.05, 4.69) is 22.4 Å². The Hall–Kier alpha value is -1.72. The van der Waals surface area contributed by atoms with Gasteiger partial charge in [-0.05, 0) is 25.5 Å². The molecule has 3 unspecified atom stereocenters. The lowest BCUT2D eigenvalue weighted by atomic mass is 10.0. The van der Waals surface area contributed by atoms with Gasteiger partial charge in [0.2, 0.25) is 11.7 Å².